The SMILES string of the molecule is NC(c1ccc2c(c1)CCCO2)C1C2CCCC21. The maximum atomic E-state index is 6.48. The van der Waals surface area contributed by atoms with Gasteiger partial charge in [0, 0.05) is 6.04 Å². The molecule has 0 bridgehead atoms. The van der Waals surface area contributed by atoms with Crippen LogP contribution in [0.3, 0.4) is 0 Å². The Morgan fingerprint density at radius 1 is 1.17 bits per heavy atom. The molecule has 2 N–H and O–H groups in total. The van der Waals surface area contributed by atoms with Gasteiger partial charge in [0.2, 0.25) is 0 Å². The van der Waals surface area contributed by atoms with Gasteiger partial charge in [0.15, 0.2) is 0 Å². The highest BCUT2D eigenvalue weighted by Crippen LogP contribution is 2.61. The molecule has 3 atom stereocenters. The van der Waals surface area contributed by atoms with Gasteiger partial charge in [0.25, 0.3) is 0 Å². The largest absolute Gasteiger partial charge is 0.493 e. The first kappa shape index (κ1) is 10.9. The van der Waals surface area contributed by atoms with Crippen molar-refractivity contribution in [2.24, 2.45) is 23.5 Å². The third kappa shape index (κ3) is 1.58. The van der Waals surface area contributed by atoms with Crippen molar-refractivity contribution >= 4 is 0 Å². The van der Waals surface area contributed by atoms with E-state index in [2.05, 4.69) is 18.2 Å². The van der Waals surface area contributed by atoms with Gasteiger partial charge in [-0.2, -0.15) is 0 Å². The Balaban J connectivity index is 1.57. The number of fused-ring (bicyclic) bond motifs is 2. The van der Waals surface area contributed by atoms with Gasteiger partial charge in [-0.25, -0.2) is 0 Å². The molecular formula is C16H21NO. The number of nitrogens with two attached hydrogens (primary N) is 1. The first-order valence-corrected chi connectivity index (χ1v) is 7.36. The summed E-state index contributed by atoms with van der Waals surface area (Å²) in [5.74, 6) is 3.72. The van der Waals surface area contributed by atoms with Gasteiger partial charge in [0.1, 0.15) is 5.75 Å². The van der Waals surface area contributed by atoms with Crippen LogP contribution in [0, 0.1) is 17.8 Å². The summed E-state index contributed by atoms with van der Waals surface area (Å²) in [5.41, 5.74) is 9.18. The predicted molar refractivity (Wildman–Crippen MR) is 71.5 cm³/mol. The second-order valence-corrected chi connectivity index (χ2v) is 6.18. The van der Waals surface area contributed by atoms with Crippen molar-refractivity contribution < 1.29 is 4.74 Å². The summed E-state index contributed by atoms with van der Waals surface area (Å²) in [6.07, 6.45) is 6.54. The second-order valence-electron chi connectivity index (χ2n) is 6.18. The van der Waals surface area contributed by atoms with Gasteiger partial charge in [-0.15, -0.1) is 0 Å². The van der Waals surface area contributed by atoms with Crippen molar-refractivity contribution in [3.8, 4) is 5.75 Å². The van der Waals surface area contributed by atoms with Gasteiger partial charge in [-0.3, -0.25) is 0 Å². The van der Waals surface area contributed by atoms with Gasteiger partial charge in [-0.05, 0) is 60.6 Å². The maximum absolute atomic E-state index is 6.48. The first-order chi connectivity index (χ1) is 8.84. The molecule has 1 aromatic rings. The van der Waals surface area contributed by atoms with Gasteiger partial charge >= 0.3 is 0 Å². The molecule has 0 saturated heterocycles. The summed E-state index contributed by atoms with van der Waals surface area (Å²) < 4.78 is 5.67. The second kappa shape index (κ2) is 3.99. The zero-order chi connectivity index (χ0) is 12.1. The normalized spacial score (nSPS) is 34.4. The number of ether oxygens (including phenoxy) is 1. The molecule has 2 fully saturated rings. The number of hydrogen-bond acceptors (Lipinski definition) is 2. The van der Waals surface area contributed by atoms with Crippen LogP contribution in [0.15, 0.2) is 18.2 Å². The Labute approximate surface area is 109 Å². The van der Waals surface area contributed by atoms with Gasteiger partial charge < -0.3 is 10.5 Å². The average Bonchev–Trinajstić information content (AvgIpc) is 2.90. The Bertz CT molecular complexity index is 460. The van der Waals surface area contributed by atoms with Crippen LogP contribution in [0.1, 0.15) is 42.9 Å². The van der Waals surface area contributed by atoms with Crippen molar-refractivity contribution in [1.29, 1.82) is 0 Å². The molecule has 18 heavy (non-hydrogen) atoms. The molecule has 2 saturated carbocycles. The fourth-order valence-corrected chi connectivity index (χ4v) is 4.22. The molecule has 0 aromatic heterocycles. The minimum absolute atomic E-state index is 0.257. The fraction of sp³-hybridized carbons (Fsp3) is 0.625. The molecule has 0 radical (unpaired) electrons. The fourth-order valence-electron chi connectivity index (χ4n) is 4.22. The Morgan fingerprint density at radius 2 is 2.00 bits per heavy atom. The van der Waals surface area contributed by atoms with Gasteiger partial charge in [-0.1, -0.05) is 18.6 Å². The lowest BCUT2D eigenvalue weighted by Crippen LogP contribution is -2.17. The number of hydrogen-bond donors (Lipinski definition) is 1. The van der Waals surface area contributed by atoms with Crippen LogP contribution in [-0.4, -0.2) is 6.61 Å². The quantitative estimate of drug-likeness (QED) is 0.866. The predicted octanol–water partition coefficient (Wildman–Crippen LogP) is 3.06. The molecular weight excluding hydrogens is 222 g/mol. The molecule has 2 heteroatoms. The molecule has 1 aliphatic heterocycles. The first-order valence-electron chi connectivity index (χ1n) is 7.36. The van der Waals surface area contributed by atoms with E-state index in [1.54, 1.807) is 0 Å². The molecule has 96 valence electrons. The van der Waals surface area contributed by atoms with E-state index >= 15 is 0 Å². The lowest BCUT2D eigenvalue weighted by molar-refractivity contribution is 0.288. The monoisotopic (exact) mass is 243 g/mol. The molecule has 0 amide bonds. The zero-order valence-electron chi connectivity index (χ0n) is 10.8. The molecule has 2 nitrogen and oxygen atoms in total. The lowest BCUT2D eigenvalue weighted by atomic mass is 9.94. The van der Waals surface area contributed by atoms with Crippen molar-refractivity contribution in [1.82, 2.24) is 0 Å². The van der Waals surface area contributed by atoms with Crippen LogP contribution in [0.2, 0.25) is 0 Å². The van der Waals surface area contributed by atoms with E-state index in [1.165, 1.54) is 30.4 Å². The van der Waals surface area contributed by atoms with Crippen molar-refractivity contribution in [2.45, 2.75) is 38.1 Å². The standard InChI is InChI=1S/C16H21NO/c17-16(15-12-4-1-5-13(12)15)11-6-7-14-10(9-11)3-2-8-18-14/h6-7,9,12-13,15-16H,1-5,8,17H2. The molecule has 1 heterocycles. The molecule has 1 aromatic carbocycles. The lowest BCUT2D eigenvalue weighted by Gasteiger charge is -2.20. The molecule has 3 aliphatic rings. The van der Waals surface area contributed by atoms with Crippen LogP contribution in [-0.2, 0) is 6.42 Å². The Morgan fingerprint density at radius 3 is 2.83 bits per heavy atom. The summed E-state index contributed by atoms with van der Waals surface area (Å²) in [4.78, 5) is 0. The Hall–Kier alpha value is -1.02. The number of aryl methyl sites for hydroxylation is 1. The number of benzene rings is 1. The summed E-state index contributed by atoms with van der Waals surface area (Å²) in [6.45, 7) is 0.866. The third-order valence-electron chi connectivity index (χ3n) is 5.20. The summed E-state index contributed by atoms with van der Waals surface area (Å²) in [5, 5.41) is 0. The van der Waals surface area contributed by atoms with Crippen LogP contribution in [0.4, 0.5) is 0 Å². The Kier molecular flexibility index (Phi) is 2.41. The van der Waals surface area contributed by atoms with E-state index in [9.17, 15) is 0 Å². The number of rotatable bonds is 2. The highest BCUT2D eigenvalue weighted by molar-refractivity contribution is 5.40. The molecule has 2 aliphatic carbocycles. The zero-order valence-corrected chi connectivity index (χ0v) is 10.8. The maximum Gasteiger partial charge on any atom is 0.122 e. The topological polar surface area (TPSA) is 35.2 Å². The van der Waals surface area contributed by atoms with Crippen LogP contribution >= 0.6 is 0 Å². The summed E-state index contributed by atoms with van der Waals surface area (Å²) >= 11 is 0. The minimum atomic E-state index is 0.257. The third-order valence-corrected chi connectivity index (χ3v) is 5.20. The average molecular weight is 243 g/mol. The summed E-state index contributed by atoms with van der Waals surface area (Å²) in [6, 6.07) is 6.87. The highest BCUT2D eigenvalue weighted by Gasteiger charge is 2.55. The van der Waals surface area contributed by atoms with E-state index < -0.39 is 0 Å². The molecule has 0 spiro atoms. The molecule has 4 rings (SSSR count). The van der Waals surface area contributed by atoms with Gasteiger partial charge in [0.05, 0.1) is 6.61 Å². The smallest absolute Gasteiger partial charge is 0.122 e. The van der Waals surface area contributed by atoms with Crippen LogP contribution < -0.4 is 10.5 Å². The van der Waals surface area contributed by atoms with E-state index in [-0.39, 0.29) is 6.04 Å². The van der Waals surface area contributed by atoms with Crippen molar-refractivity contribution in [3.05, 3.63) is 29.3 Å². The van der Waals surface area contributed by atoms with E-state index in [0.29, 0.717) is 0 Å². The van der Waals surface area contributed by atoms with E-state index in [1.807, 2.05) is 0 Å². The summed E-state index contributed by atoms with van der Waals surface area (Å²) in [7, 11) is 0. The van der Waals surface area contributed by atoms with E-state index in [0.717, 1.165) is 43.0 Å². The van der Waals surface area contributed by atoms with Crippen LogP contribution in [0.25, 0.3) is 0 Å². The van der Waals surface area contributed by atoms with E-state index in [4.69, 9.17) is 10.5 Å². The minimum Gasteiger partial charge on any atom is -0.493 e. The van der Waals surface area contributed by atoms with Crippen molar-refractivity contribution in [3.63, 3.8) is 0 Å². The van der Waals surface area contributed by atoms with Crippen molar-refractivity contribution in [2.75, 3.05) is 6.61 Å². The highest BCUT2D eigenvalue weighted by atomic mass is 16.5. The van der Waals surface area contributed by atoms with Crippen LogP contribution in [0.5, 0.6) is 5.75 Å². The molecule has 3 unspecified atom stereocenters.